The number of hydrogen-bond acceptors (Lipinski definition) is 5. The summed E-state index contributed by atoms with van der Waals surface area (Å²) in [5.74, 6) is -0.170. The number of amides is 2. The molecule has 28 heavy (non-hydrogen) atoms. The second kappa shape index (κ2) is 9.29. The van der Waals surface area contributed by atoms with E-state index in [1.165, 1.54) is 11.3 Å². The summed E-state index contributed by atoms with van der Waals surface area (Å²) in [7, 11) is 1.58. The van der Waals surface area contributed by atoms with Gasteiger partial charge >= 0.3 is 0 Å². The molecule has 2 N–H and O–H groups in total. The predicted molar refractivity (Wildman–Crippen MR) is 113 cm³/mol. The number of anilines is 1. The third kappa shape index (κ3) is 5.05. The highest BCUT2D eigenvalue weighted by atomic mass is 79.9. The summed E-state index contributed by atoms with van der Waals surface area (Å²) in [5, 5.41) is 7.57. The summed E-state index contributed by atoms with van der Waals surface area (Å²) in [5.41, 5.74) is 1.25. The first-order valence-electron chi connectivity index (χ1n) is 8.19. The Labute approximate surface area is 174 Å². The van der Waals surface area contributed by atoms with Crippen molar-refractivity contribution in [3.63, 3.8) is 0 Å². The van der Waals surface area contributed by atoms with Gasteiger partial charge in [-0.2, -0.15) is 0 Å². The van der Waals surface area contributed by atoms with Crippen molar-refractivity contribution < 1.29 is 14.3 Å². The monoisotopic (exact) mass is 457 g/mol. The van der Waals surface area contributed by atoms with Gasteiger partial charge in [0.2, 0.25) is 0 Å². The second-order valence-corrected chi connectivity index (χ2v) is 7.31. The fraction of sp³-hybridized carbons (Fsp3) is 0.0500. The largest absolute Gasteiger partial charge is 0.497 e. The third-order valence-electron chi connectivity index (χ3n) is 3.69. The standard InChI is InChI=1S/C20H16BrN3O3S/c1-27-14-8-6-13(7-9-14)12-17(19(26)24-20-22-10-11-28-20)23-18(25)15-4-2-3-5-16(15)21/h2-12H,1H3,(H,23,25)(H,22,24,26)/b17-12-. The maximum absolute atomic E-state index is 12.7. The maximum atomic E-state index is 12.7. The van der Waals surface area contributed by atoms with Crippen LogP contribution in [0.15, 0.2) is 70.3 Å². The molecule has 0 radical (unpaired) electrons. The van der Waals surface area contributed by atoms with Crippen molar-refractivity contribution in [3.8, 4) is 5.75 Å². The van der Waals surface area contributed by atoms with Crippen LogP contribution in [0.4, 0.5) is 5.13 Å². The Morgan fingerprint density at radius 3 is 2.54 bits per heavy atom. The summed E-state index contributed by atoms with van der Waals surface area (Å²) < 4.78 is 5.78. The number of nitrogens with zero attached hydrogens (tertiary/aromatic N) is 1. The molecule has 8 heteroatoms. The van der Waals surface area contributed by atoms with Gasteiger partial charge in [0.05, 0.1) is 12.7 Å². The number of ether oxygens (including phenoxy) is 1. The molecule has 142 valence electrons. The van der Waals surface area contributed by atoms with Gasteiger partial charge in [-0.3, -0.25) is 14.9 Å². The van der Waals surface area contributed by atoms with E-state index in [1.54, 1.807) is 67.2 Å². The van der Waals surface area contributed by atoms with Gasteiger partial charge < -0.3 is 10.1 Å². The van der Waals surface area contributed by atoms with Crippen molar-refractivity contribution in [1.82, 2.24) is 10.3 Å². The molecule has 0 saturated carbocycles. The average molecular weight is 458 g/mol. The van der Waals surface area contributed by atoms with Crippen molar-refractivity contribution in [3.05, 3.63) is 81.4 Å². The van der Waals surface area contributed by atoms with Gasteiger partial charge in [-0.25, -0.2) is 4.98 Å². The number of carbonyl (C=O) groups is 2. The fourth-order valence-corrected chi connectivity index (χ4v) is 3.30. The number of hydrogen-bond donors (Lipinski definition) is 2. The average Bonchev–Trinajstić information content (AvgIpc) is 3.21. The van der Waals surface area contributed by atoms with Gasteiger partial charge in [0.25, 0.3) is 11.8 Å². The van der Waals surface area contributed by atoms with Crippen LogP contribution in [0.5, 0.6) is 5.75 Å². The lowest BCUT2D eigenvalue weighted by atomic mass is 10.1. The molecule has 2 aromatic carbocycles. The predicted octanol–water partition coefficient (Wildman–Crippen LogP) is 4.32. The van der Waals surface area contributed by atoms with Crippen LogP contribution in [-0.4, -0.2) is 23.9 Å². The second-order valence-electron chi connectivity index (χ2n) is 5.56. The van der Waals surface area contributed by atoms with Crippen LogP contribution in [0.25, 0.3) is 6.08 Å². The lowest BCUT2D eigenvalue weighted by Crippen LogP contribution is -2.30. The van der Waals surface area contributed by atoms with Gasteiger partial charge in [-0.1, -0.05) is 24.3 Å². The number of carbonyl (C=O) groups excluding carboxylic acids is 2. The van der Waals surface area contributed by atoms with Crippen molar-refractivity contribution in [2.45, 2.75) is 0 Å². The number of thiazole rings is 1. The summed E-state index contributed by atoms with van der Waals surface area (Å²) in [4.78, 5) is 29.4. The molecule has 3 aromatic rings. The lowest BCUT2D eigenvalue weighted by Gasteiger charge is -2.11. The Balaban J connectivity index is 1.88. The van der Waals surface area contributed by atoms with E-state index in [4.69, 9.17) is 4.74 Å². The van der Waals surface area contributed by atoms with Crippen molar-refractivity contribution >= 4 is 50.3 Å². The zero-order valence-electron chi connectivity index (χ0n) is 14.8. The first kappa shape index (κ1) is 19.8. The van der Waals surface area contributed by atoms with E-state index < -0.39 is 11.8 Å². The molecule has 1 heterocycles. The molecule has 0 saturated heterocycles. The topological polar surface area (TPSA) is 80.3 Å². The normalized spacial score (nSPS) is 11.0. The smallest absolute Gasteiger partial charge is 0.273 e. The molecule has 0 bridgehead atoms. The van der Waals surface area contributed by atoms with Gasteiger partial charge in [-0.15, -0.1) is 11.3 Å². The molecule has 0 aliphatic carbocycles. The molecular formula is C20H16BrN3O3S. The minimum Gasteiger partial charge on any atom is -0.497 e. The Kier molecular flexibility index (Phi) is 6.57. The van der Waals surface area contributed by atoms with Crippen LogP contribution in [0.1, 0.15) is 15.9 Å². The molecule has 3 rings (SSSR count). The molecule has 0 spiro atoms. The summed E-state index contributed by atoms with van der Waals surface area (Å²) in [6, 6.07) is 14.1. The molecule has 6 nitrogen and oxygen atoms in total. The SMILES string of the molecule is COc1ccc(/C=C(\NC(=O)c2ccccc2Br)C(=O)Nc2nccs2)cc1. The van der Waals surface area contributed by atoms with Gasteiger partial charge in [0, 0.05) is 16.0 Å². The lowest BCUT2D eigenvalue weighted by molar-refractivity contribution is -0.113. The quantitative estimate of drug-likeness (QED) is 0.540. The molecule has 0 aliphatic heterocycles. The molecule has 1 aromatic heterocycles. The summed E-state index contributed by atoms with van der Waals surface area (Å²) in [6.45, 7) is 0. The highest BCUT2D eigenvalue weighted by Gasteiger charge is 2.17. The number of nitrogens with one attached hydrogen (secondary N) is 2. The maximum Gasteiger partial charge on any atom is 0.273 e. The minimum atomic E-state index is -0.467. The van der Waals surface area contributed by atoms with Crippen molar-refractivity contribution in [2.24, 2.45) is 0 Å². The van der Waals surface area contributed by atoms with E-state index in [2.05, 4.69) is 31.5 Å². The first-order valence-corrected chi connectivity index (χ1v) is 9.86. The van der Waals surface area contributed by atoms with Crippen LogP contribution < -0.4 is 15.4 Å². The van der Waals surface area contributed by atoms with E-state index in [0.717, 1.165) is 5.56 Å². The summed E-state index contributed by atoms with van der Waals surface area (Å²) in [6.07, 6.45) is 3.18. The number of benzene rings is 2. The van der Waals surface area contributed by atoms with Crippen LogP contribution >= 0.6 is 27.3 Å². The molecule has 0 unspecified atom stereocenters. The van der Waals surface area contributed by atoms with Gasteiger partial charge in [-0.05, 0) is 51.8 Å². The minimum absolute atomic E-state index is 0.0983. The first-order chi connectivity index (χ1) is 13.6. The molecule has 0 atom stereocenters. The zero-order valence-corrected chi connectivity index (χ0v) is 17.2. The zero-order chi connectivity index (χ0) is 19.9. The highest BCUT2D eigenvalue weighted by molar-refractivity contribution is 9.10. The molecule has 0 fully saturated rings. The summed E-state index contributed by atoms with van der Waals surface area (Å²) >= 11 is 4.64. The number of aromatic nitrogens is 1. The molecular weight excluding hydrogens is 442 g/mol. The van der Waals surface area contributed by atoms with Crippen molar-refractivity contribution in [1.29, 1.82) is 0 Å². The van der Waals surface area contributed by atoms with Gasteiger partial charge in [0.15, 0.2) is 5.13 Å². The Morgan fingerprint density at radius 2 is 1.89 bits per heavy atom. The third-order valence-corrected chi connectivity index (χ3v) is 5.07. The van der Waals surface area contributed by atoms with E-state index in [9.17, 15) is 9.59 Å². The Morgan fingerprint density at radius 1 is 1.14 bits per heavy atom. The van der Waals surface area contributed by atoms with Crippen LogP contribution in [0.3, 0.4) is 0 Å². The van der Waals surface area contributed by atoms with Crippen LogP contribution in [-0.2, 0) is 4.79 Å². The van der Waals surface area contributed by atoms with Crippen LogP contribution in [0.2, 0.25) is 0 Å². The van der Waals surface area contributed by atoms with E-state index >= 15 is 0 Å². The van der Waals surface area contributed by atoms with Crippen molar-refractivity contribution in [2.75, 3.05) is 12.4 Å². The van der Waals surface area contributed by atoms with E-state index in [0.29, 0.717) is 20.9 Å². The molecule has 2 amide bonds. The highest BCUT2D eigenvalue weighted by Crippen LogP contribution is 2.18. The Bertz CT molecular complexity index is 1000. The molecule has 0 aliphatic rings. The van der Waals surface area contributed by atoms with E-state index in [1.807, 2.05) is 6.07 Å². The Hall–Kier alpha value is -2.97. The fourth-order valence-electron chi connectivity index (χ4n) is 2.31. The number of halogens is 1. The van der Waals surface area contributed by atoms with Gasteiger partial charge in [0.1, 0.15) is 11.4 Å². The number of rotatable bonds is 6. The van der Waals surface area contributed by atoms with Crippen LogP contribution in [0, 0.1) is 0 Å². The number of methoxy groups -OCH3 is 1. The van der Waals surface area contributed by atoms with E-state index in [-0.39, 0.29) is 5.70 Å².